The zero-order valence-corrected chi connectivity index (χ0v) is 19.5. The molecule has 0 spiro atoms. The van der Waals surface area contributed by atoms with Gasteiger partial charge in [-0.1, -0.05) is 11.6 Å². The molecule has 0 aromatic carbocycles. The van der Waals surface area contributed by atoms with Gasteiger partial charge in [-0.2, -0.15) is 0 Å². The van der Waals surface area contributed by atoms with Crippen molar-refractivity contribution >= 4 is 57.1 Å². The van der Waals surface area contributed by atoms with E-state index < -0.39 is 11.8 Å². The number of carbonyl (C=O) groups excluding carboxylic acids is 2. The first-order valence-corrected chi connectivity index (χ1v) is 11.0. The maximum absolute atomic E-state index is 12.8. The topological polar surface area (TPSA) is 123 Å². The molecule has 5 rings (SSSR count). The summed E-state index contributed by atoms with van der Waals surface area (Å²) in [5.41, 5.74) is 2.57. The van der Waals surface area contributed by atoms with Crippen LogP contribution in [0.3, 0.4) is 0 Å². The molecule has 0 aliphatic heterocycles. The Labute approximate surface area is 204 Å². The highest BCUT2D eigenvalue weighted by atomic mass is 35.5. The molecule has 0 radical (unpaired) electrons. The summed E-state index contributed by atoms with van der Waals surface area (Å²) in [5.74, 6) is -0.526. The molecule has 5 aromatic rings. The number of anilines is 2. The summed E-state index contributed by atoms with van der Waals surface area (Å²) in [4.78, 5) is 47.3. The number of nitrogens with one attached hydrogen (secondary N) is 2. The van der Waals surface area contributed by atoms with E-state index in [9.17, 15) is 9.59 Å². The van der Waals surface area contributed by atoms with Gasteiger partial charge in [0, 0.05) is 27.2 Å². The number of hydrogen-bond donors (Lipinski definition) is 2. The molecule has 0 aliphatic carbocycles. The number of fused-ring (bicyclic) bond motifs is 2. The van der Waals surface area contributed by atoms with Crippen LogP contribution in [-0.4, -0.2) is 36.7 Å². The van der Waals surface area contributed by atoms with Crippen LogP contribution in [-0.2, 0) is 0 Å². The van der Waals surface area contributed by atoms with Crippen molar-refractivity contribution in [3.63, 3.8) is 0 Å². The molecule has 5 aromatic heterocycles. The predicted molar refractivity (Wildman–Crippen MR) is 134 cm³/mol. The molecule has 0 fully saturated rings. The van der Waals surface area contributed by atoms with E-state index in [1.54, 1.807) is 12.1 Å². The summed E-state index contributed by atoms with van der Waals surface area (Å²) in [6, 6.07) is 17.3. The maximum Gasteiger partial charge on any atom is 0.275 e. The number of carbonyl (C=O) groups is 2. The third-order valence-corrected chi connectivity index (χ3v) is 5.34. The summed E-state index contributed by atoms with van der Waals surface area (Å²) in [6.07, 6.45) is 0. The molecule has 0 unspecified atom stereocenters. The minimum atomic E-state index is -0.565. The molecule has 0 bridgehead atoms. The number of aryl methyl sites for hydroxylation is 2. The van der Waals surface area contributed by atoms with E-state index in [1.807, 2.05) is 50.2 Å². The number of rotatable bonds is 4. The van der Waals surface area contributed by atoms with Gasteiger partial charge in [-0.25, -0.2) is 24.9 Å². The quantitative estimate of drug-likeness (QED) is 0.378. The highest BCUT2D eigenvalue weighted by Crippen LogP contribution is 2.18. The molecule has 2 N–H and O–H groups in total. The van der Waals surface area contributed by atoms with E-state index in [2.05, 4.69) is 35.6 Å². The zero-order chi connectivity index (χ0) is 24.5. The molecule has 5 heterocycles. The van der Waals surface area contributed by atoms with Gasteiger partial charge in [0.05, 0.1) is 0 Å². The monoisotopic (exact) mass is 483 g/mol. The Morgan fingerprint density at radius 2 is 1.06 bits per heavy atom. The van der Waals surface area contributed by atoms with Crippen molar-refractivity contribution in [1.29, 1.82) is 0 Å². The van der Waals surface area contributed by atoms with E-state index >= 15 is 0 Å². The Bertz CT molecular complexity index is 1520. The van der Waals surface area contributed by atoms with Crippen LogP contribution in [0.4, 0.5) is 11.6 Å². The van der Waals surface area contributed by atoms with Crippen molar-refractivity contribution < 1.29 is 9.59 Å². The normalized spacial score (nSPS) is 10.9. The number of amides is 2. The van der Waals surface area contributed by atoms with Crippen LogP contribution < -0.4 is 10.6 Å². The van der Waals surface area contributed by atoms with Gasteiger partial charge >= 0.3 is 0 Å². The average molecular weight is 484 g/mol. The lowest BCUT2D eigenvalue weighted by Gasteiger charge is -2.09. The summed E-state index contributed by atoms with van der Waals surface area (Å²) >= 11 is 6.18. The highest BCUT2D eigenvalue weighted by Gasteiger charge is 2.16. The van der Waals surface area contributed by atoms with Crippen molar-refractivity contribution in [2.24, 2.45) is 0 Å². The number of nitrogens with zero attached hydrogens (tertiary/aromatic N) is 5. The molecule has 0 saturated heterocycles. The first-order valence-electron chi connectivity index (χ1n) is 10.6. The minimum absolute atomic E-state index is 0.0366. The average Bonchev–Trinajstić information content (AvgIpc) is 2.83. The van der Waals surface area contributed by atoms with Crippen LogP contribution in [0.25, 0.3) is 22.1 Å². The van der Waals surface area contributed by atoms with E-state index in [1.165, 1.54) is 12.1 Å². The van der Waals surface area contributed by atoms with Crippen LogP contribution in [0.15, 0.2) is 60.7 Å². The van der Waals surface area contributed by atoms with Crippen LogP contribution in [0.5, 0.6) is 0 Å². The van der Waals surface area contributed by atoms with Crippen molar-refractivity contribution in [1.82, 2.24) is 24.9 Å². The van der Waals surface area contributed by atoms with Gasteiger partial charge in [0.25, 0.3) is 11.8 Å². The van der Waals surface area contributed by atoms with Gasteiger partial charge in [0.15, 0.2) is 11.3 Å². The van der Waals surface area contributed by atoms with E-state index in [4.69, 9.17) is 11.6 Å². The molecular weight excluding hydrogens is 466 g/mol. The Kier molecular flexibility index (Phi) is 5.76. The van der Waals surface area contributed by atoms with Gasteiger partial charge in [-0.05, 0) is 74.5 Å². The van der Waals surface area contributed by atoms with E-state index in [-0.39, 0.29) is 16.4 Å². The van der Waals surface area contributed by atoms with Gasteiger partial charge in [0.2, 0.25) is 0 Å². The second kappa shape index (κ2) is 9.03. The fourth-order valence-electron chi connectivity index (χ4n) is 3.42. The Hall–Kier alpha value is -4.50. The van der Waals surface area contributed by atoms with Crippen LogP contribution in [0, 0.1) is 13.8 Å². The molecule has 10 heteroatoms. The van der Waals surface area contributed by atoms with E-state index in [0.29, 0.717) is 22.9 Å². The SMILES string of the molecule is Cc1ccc2ccc(NC(=O)c3cc(Cl)cc(C(=O)Nc4ccc5ccc(C)nc5n4)n3)nc2n1. The molecule has 0 atom stereocenters. The van der Waals surface area contributed by atoms with Crippen LogP contribution in [0.1, 0.15) is 32.4 Å². The molecule has 35 heavy (non-hydrogen) atoms. The summed E-state index contributed by atoms with van der Waals surface area (Å²) in [6.45, 7) is 3.72. The lowest BCUT2D eigenvalue weighted by molar-refractivity contribution is 0.101. The molecule has 2 amide bonds. The van der Waals surface area contributed by atoms with Gasteiger partial charge in [-0.15, -0.1) is 0 Å². The largest absolute Gasteiger partial charge is 0.305 e. The number of aromatic nitrogens is 5. The van der Waals surface area contributed by atoms with Crippen molar-refractivity contribution in [2.45, 2.75) is 13.8 Å². The predicted octanol–water partition coefficient (Wildman–Crippen LogP) is 4.74. The van der Waals surface area contributed by atoms with Gasteiger partial charge in [0.1, 0.15) is 23.0 Å². The van der Waals surface area contributed by atoms with Crippen LogP contribution in [0.2, 0.25) is 5.02 Å². The lowest BCUT2D eigenvalue weighted by Crippen LogP contribution is -2.19. The first-order chi connectivity index (χ1) is 16.8. The number of halogens is 1. The van der Waals surface area contributed by atoms with Crippen molar-refractivity contribution in [3.05, 3.63) is 88.5 Å². The maximum atomic E-state index is 12.8. The zero-order valence-electron chi connectivity index (χ0n) is 18.7. The number of hydrogen-bond acceptors (Lipinski definition) is 7. The fourth-order valence-corrected chi connectivity index (χ4v) is 3.62. The van der Waals surface area contributed by atoms with Crippen molar-refractivity contribution in [3.8, 4) is 0 Å². The molecule has 9 nitrogen and oxygen atoms in total. The molecular formula is C25H18ClN7O2. The third-order valence-electron chi connectivity index (χ3n) is 5.12. The van der Waals surface area contributed by atoms with Crippen LogP contribution >= 0.6 is 11.6 Å². The van der Waals surface area contributed by atoms with E-state index in [0.717, 1.165) is 22.2 Å². The third kappa shape index (κ3) is 4.90. The molecule has 0 saturated carbocycles. The minimum Gasteiger partial charge on any atom is -0.305 e. The first kappa shape index (κ1) is 22.3. The second-order valence-corrected chi connectivity index (χ2v) is 8.29. The Morgan fingerprint density at radius 3 is 1.51 bits per heavy atom. The Morgan fingerprint density at radius 1 is 0.629 bits per heavy atom. The lowest BCUT2D eigenvalue weighted by atomic mass is 10.2. The Balaban J connectivity index is 1.37. The second-order valence-electron chi connectivity index (χ2n) is 7.86. The smallest absolute Gasteiger partial charge is 0.275 e. The summed E-state index contributed by atoms with van der Waals surface area (Å²) in [7, 11) is 0. The highest BCUT2D eigenvalue weighted by molar-refractivity contribution is 6.31. The molecule has 172 valence electrons. The standard InChI is InChI=1S/C25H18ClN7O2/c1-13-3-5-15-7-9-20(30-22(15)27-13)32-24(34)18-11-17(26)12-19(29-18)25(35)33-21-10-8-16-6-4-14(2)28-23(16)31-21/h3-12H,1-2H3,(H,27,30,32,34)(H,28,31,33,35). The van der Waals surface area contributed by atoms with Crippen molar-refractivity contribution in [2.75, 3.05) is 10.6 Å². The van der Waals surface area contributed by atoms with Gasteiger partial charge < -0.3 is 10.6 Å². The fraction of sp³-hybridized carbons (Fsp3) is 0.0800. The summed E-state index contributed by atoms with van der Waals surface area (Å²) in [5, 5.41) is 7.23. The number of pyridine rings is 5. The van der Waals surface area contributed by atoms with Gasteiger partial charge in [-0.3, -0.25) is 9.59 Å². The summed E-state index contributed by atoms with van der Waals surface area (Å²) < 4.78 is 0. The molecule has 0 aliphatic rings.